The Labute approximate surface area is 124 Å². The van der Waals surface area contributed by atoms with Crippen molar-refractivity contribution in [3.8, 4) is 5.75 Å². The van der Waals surface area contributed by atoms with Crippen LogP contribution in [0, 0.1) is 0 Å². The molecule has 0 aliphatic heterocycles. The summed E-state index contributed by atoms with van der Waals surface area (Å²) in [6, 6.07) is 6.52. The average Bonchev–Trinajstić information content (AvgIpc) is 2.44. The van der Waals surface area contributed by atoms with Gasteiger partial charge in [-0.25, -0.2) is 8.42 Å². The molecule has 1 aromatic carbocycles. The first-order valence-corrected chi connectivity index (χ1v) is 8.10. The number of sulfonamides is 1. The van der Waals surface area contributed by atoms with Gasteiger partial charge in [-0.05, 0) is 12.1 Å². The van der Waals surface area contributed by atoms with E-state index in [2.05, 4.69) is 5.32 Å². The number of amides is 1. The van der Waals surface area contributed by atoms with E-state index in [0.717, 1.165) is 10.6 Å². The van der Waals surface area contributed by atoms with E-state index in [1.807, 2.05) is 0 Å². The molecular formula is C13H20N2O5S. The molecule has 0 unspecified atom stereocenters. The smallest absolute Gasteiger partial charge is 0.240 e. The molecule has 0 bridgehead atoms. The van der Waals surface area contributed by atoms with E-state index in [4.69, 9.17) is 9.47 Å². The molecular weight excluding hydrogens is 296 g/mol. The van der Waals surface area contributed by atoms with E-state index >= 15 is 0 Å². The van der Waals surface area contributed by atoms with Crippen LogP contribution >= 0.6 is 0 Å². The highest BCUT2D eigenvalue weighted by Crippen LogP contribution is 2.22. The number of methoxy groups -OCH3 is 2. The van der Waals surface area contributed by atoms with Crippen LogP contribution in [0.1, 0.15) is 0 Å². The molecule has 1 N–H and O–H groups in total. The van der Waals surface area contributed by atoms with Crippen LogP contribution in [0.2, 0.25) is 0 Å². The molecule has 1 aromatic rings. The zero-order valence-corrected chi connectivity index (χ0v) is 13.1. The summed E-state index contributed by atoms with van der Waals surface area (Å²) in [4.78, 5) is 11.8. The molecule has 0 saturated heterocycles. The van der Waals surface area contributed by atoms with Gasteiger partial charge in [0.05, 0.1) is 25.7 Å². The summed E-state index contributed by atoms with van der Waals surface area (Å²) in [5.74, 6) is 0.112. The fourth-order valence-corrected chi connectivity index (χ4v) is 2.49. The number of carbonyl (C=O) groups excluding carboxylic acids is 1. The Morgan fingerprint density at radius 3 is 2.62 bits per heavy atom. The van der Waals surface area contributed by atoms with Crippen molar-refractivity contribution in [2.75, 3.05) is 44.5 Å². The highest BCUT2D eigenvalue weighted by atomic mass is 32.2. The van der Waals surface area contributed by atoms with Crippen molar-refractivity contribution in [2.24, 2.45) is 0 Å². The van der Waals surface area contributed by atoms with Crippen LogP contribution in [0.4, 0.5) is 5.69 Å². The Hall–Kier alpha value is -1.80. The van der Waals surface area contributed by atoms with Crippen LogP contribution in [0.5, 0.6) is 5.75 Å². The SMILES string of the molecule is COCCNC(=O)CN(c1cccc(OC)c1)S(C)(=O)=O. The quantitative estimate of drug-likeness (QED) is 0.694. The topological polar surface area (TPSA) is 84.9 Å². The number of rotatable bonds is 8. The van der Waals surface area contributed by atoms with E-state index in [0.29, 0.717) is 24.6 Å². The molecule has 0 atom stereocenters. The summed E-state index contributed by atoms with van der Waals surface area (Å²) < 4.78 is 34.7. The van der Waals surface area contributed by atoms with Crippen LogP contribution in [-0.2, 0) is 19.6 Å². The van der Waals surface area contributed by atoms with Crippen LogP contribution in [-0.4, -0.2) is 54.5 Å². The lowest BCUT2D eigenvalue weighted by molar-refractivity contribution is -0.119. The van der Waals surface area contributed by atoms with Crippen molar-refractivity contribution < 1.29 is 22.7 Å². The Kier molecular flexibility index (Phi) is 6.44. The first kappa shape index (κ1) is 17.3. The van der Waals surface area contributed by atoms with E-state index in [1.54, 1.807) is 24.3 Å². The van der Waals surface area contributed by atoms with E-state index in [1.165, 1.54) is 14.2 Å². The molecule has 0 spiro atoms. The van der Waals surface area contributed by atoms with Crippen LogP contribution in [0.3, 0.4) is 0 Å². The highest BCUT2D eigenvalue weighted by Gasteiger charge is 2.21. The summed E-state index contributed by atoms with van der Waals surface area (Å²) in [5, 5.41) is 2.58. The Morgan fingerprint density at radius 1 is 1.33 bits per heavy atom. The minimum Gasteiger partial charge on any atom is -0.497 e. The van der Waals surface area contributed by atoms with Crippen LogP contribution < -0.4 is 14.4 Å². The molecule has 7 nitrogen and oxygen atoms in total. The summed E-state index contributed by atoms with van der Waals surface area (Å²) in [5.41, 5.74) is 0.374. The number of anilines is 1. The van der Waals surface area contributed by atoms with Gasteiger partial charge in [0.2, 0.25) is 15.9 Å². The fourth-order valence-electron chi connectivity index (χ4n) is 1.64. The van der Waals surface area contributed by atoms with Gasteiger partial charge in [0, 0.05) is 19.7 Å². The number of hydrogen-bond acceptors (Lipinski definition) is 5. The number of ether oxygens (including phenoxy) is 2. The van der Waals surface area contributed by atoms with Crippen molar-refractivity contribution >= 4 is 21.6 Å². The fraction of sp³-hybridized carbons (Fsp3) is 0.462. The van der Waals surface area contributed by atoms with Gasteiger partial charge in [-0.2, -0.15) is 0 Å². The third-order valence-corrected chi connectivity index (χ3v) is 3.80. The third-order valence-electron chi connectivity index (χ3n) is 2.66. The van der Waals surface area contributed by atoms with Gasteiger partial charge in [-0.15, -0.1) is 0 Å². The molecule has 1 amide bonds. The maximum atomic E-state index is 11.9. The Morgan fingerprint density at radius 2 is 2.05 bits per heavy atom. The van der Waals surface area contributed by atoms with Crippen molar-refractivity contribution in [3.05, 3.63) is 24.3 Å². The van der Waals surface area contributed by atoms with E-state index < -0.39 is 15.9 Å². The number of benzene rings is 1. The lowest BCUT2D eigenvalue weighted by atomic mass is 10.3. The van der Waals surface area contributed by atoms with Crippen molar-refractivity contribution in [1.82, 2.24) is 5.32 Å². The summed E-state index contributed by atoms with van der Waals surface area (Å²) in [7, 11) is -0.576. The average molecular weight is 316 g/mol. The molecule has 0 fully saturated rings. The maximum Gasteiger partial charge on any atom is 0.240 e. The lowest BCUT2D eigenvalue weighted by Crippen LogP contribution is -2.41. The van der Waals surface area contributed by atoms with Crippen molar-refractivity contribution in [1.29, 1.82) is 0 Å². The normalized spacial score (nSPS) is 11.0. The summed E-state index contributed by atoms with van der Waals surface area (Å²) in [6.07, 6.45) is 1.05. The van der Waals surface area contributed by atoms with Crippen LogP contribution in [0.25, 0.3) is 0 Å². The molecule has 21 heavy (non-hydrogen) atoms. The molecule has 0 aliphatic carbocycles. The molecule has 0 aliphatic rings. The second kappa shape index (κ2) is 7.84. The molecule has 0 aromatic heterocycles. The maximum absolute atomic E-state index is 11.9. The summed E-state index contributed by atoms with van der Waals surface area (Å²) in [6.45, 7) is 0.393. The first-order valence-electron chi connectivity index (χ1n) is 6.26. The lowest BCUT2D eigenvalue weighted by Gasteiger charge is -2.22. The van der Waals surface area contributed by atoms with Crippen molar-refractivity contribution in [2.45, 2.75) is 0 Å². The third kappa shape index (κ3) is 5.60. The van der Waals surface area contributed by atoms with Crippen molar-refractivity contribution in [3.63, 3.8) is 0 Å². The second-order valence-electron chi connectivity index (χ2n) is 4.31. The van der Waals surface area contributed by atoms with Gasteiger partial charge < -0.3 is 14.8 Å². The monoisotopic (exact) mass is 316 g/mol. The van der Waals surface area contributed by atoms with E-state index in [-0.39, 0.29) is 6.54 Å². The number of hydrogen-bond donors (Lipinski definition) is 1. The predicted octanol–water partition coefficient (Wildman–Crippen LogP) is 0.224. The number of nitrogens with one attached hydrogen (secondary N) is 1. The molecule has 0 heterocycles. The highest BCUT2D eigenvalue weighted by molar-refractivity contribution is 7.92. The molecule has 8 heteroatoms. The number of carbonyl (C=O) groups is 1. The van der Waals surface area contributed by atoms with Gasteiger partial charge in [-0.3, -0.25) is 9.10 Å². The molecule has 0 saturated carbocycles. The first-order chi connectivity index (χ1) is 9.88. The van der Waals surface area contributed by atoms with Gasteiger partial charge in [0.1, 0.15) is 12.3 Å². The minimum atomic E-state index is -3.58. The Bertz CT molecular complexity index is 574. The number of nitrogens with zero attached hydrogens (tertiary/aromatic N) is 1. The standard InChI is InChI=1S/C13H20N2O5S/c1-19-8-7-14-13(16)10-15(21(3,17)18)11-5-4-6-12(9-11)20-2/h4-6,9H,7-8,10H2,1-3H3,(H,14,16). The van der Waals surface area contributed by atoms with Gasteiger partial charge >= 0.3 is 0 Å². The van der Waals surface area contributed by atoms with E-state index in [9.17, 15) is 13.2 Å². The molecule has 0 radical (unpaired) electrons. The van der Waals surface area contributed by atoms with Gasteiger partial charge in [0.15, 0.2) is 0 Å². The zero-order chi connectivity index (χ0) is 15.9. The minimum absolute atomic E-state index is 0.296. The second-order valence-corrected chi connectivity index (χ2v) is 6.22. The van der Waals surface area contributed by atoms with Crippen LogP contribution in [0.15, 0.2) is 24.3 Å². The predicted molar refractivity (Wildman–Crippen MR) is 80.1 cm³/mol. The Balaban J connectivity index is 2.89. The van der Waals surface area contributed by atoms with Gasteiger partial charge in [-0.1, -0.05) is 6.07 Å². The zero-order valence-electron chi connectivity index (χ0n) is 12.3. The van der Waals surface area contributed by atoms with Gasteiger partial charge in [0.25, 0.3) is 0 Å². The summed E-state index contributed by atoms with van der Waals surface area (Å²) >= 11 is 0. The molecule has 118 valence electrons. The largest absolute Gasteiger partial charge is 0.497 e. The molecule has 1 rings (SSSR count).